The molecule has 1 unspecified atom stereocenters. The van der Waals surface area contributed by atoms with E-state index in [0.717, 1.165) is 0 Å². The van der Waals surface area contributed by atoms with Crippen LogP contribution < -0.4 is 10.5 Å². The van der Waals surface area contributed by atoms with Crippen molar-refractivity contribution >= 4 is 5.97 Å². The molecule has 3 N–H and O–H groups in total. The SMILES string of the molecule is COc1cc(F)cc(CC(N)C(=O)O)c1. The van der Waals surface area contributed by atoms with Gasteiger partial charge < -0.3 is 15.6 Å². The van der Waals surface area contributed by atoms with Crippen LogP contribution in [0, 0.1) is 5.82 Å². The number of nitrogens with two attached hydrogens (primary N) is 1. The highest BCUT2D eigenvalue weighted by molar-refractivity contribution is 5.73. The molecule has 0 saturated carbocycles. The van der Waals surface area contributed by atoms with Crippen molar-refractivity contribution in [2.45, 2.75) is 12.5 Å². The molecule has 1 aromatic rings. The van der Waals surface area contributed by atoms with E-state index in [0.29, 0.717) is 11.3 Å². The average Bonchev–Trinajstić information content (AvgIpc) is 2.16. The molecular formula is C10H12FNO3. The van der Waals surface area contributed by atoms with E-state index in [9.17, 15) is 9.18 Å². The number of aliphatic carboxylic acids is 1. The second-order valence-corrected chi connectivity index (χ2v) is 3.15. The van der Waals surface area contributed by atoms with Crippen LogP contribution in [0.15, 0.2) is 18.2 Å². The third kappa shape index (κ3) is 3.21. The van der Waals surface area contributed by atoms with Gasteiger partial charge >= 0.3 is 5.97 Å². The first-order valence-corrected chi connectivity index (χ1v) is 4.34. The molecule has 15 heavy (non-hydrogen) atoms. The third-order valence-corrected chi connectivity index (χ3v) is 1.94. The van der Waals surface area contributed by atoms with Crippen LogP contribution in [0.4, 0.5) is 4.39 Å². The number of ether oxygens (including phenoxy) is 1. The smallest absolute Gasteiger partial charge is 0.320 e. The monoisotopic (exact) mass is 213 g/mol. The number of carboxylic acid groups (broad SMARTS) is 1. The summed E-state index contributed by atoms with van der Waals surface area (Å²) in [7, 11) is 1.41. The molecule has 1 rings (SSSR count). The lowest BCUT2D eigenvalue weighted by Gasteiger charge is -2.08. The zero-order valence-electron chi connectivity index (χ0n) is 8.24. The molecule has 0 bridgehead atoms. The minimum atomic E-state index is -1.11. The van der Waals surface area contributed by atoms with Gasteiger partial charge in [0.15, 0.2) is 0 Å². The fourth-order valence-electron chi connectivity index (χ4n) is 1.20. The van der Waals surface area contributed by atoms with E-state index >= 15 is 0 Å². The van der Waals surface area contributed by atoms with Gasteiger partial charge in [-0.3, -0.25) is 4.79 Å². The Hall–Kier alpha value is -1.62. The summed E-state index contributed by atoms with van der Waals surface area (Å²) in [4.78, 5) is 10.5. The van der Waals surface area contributed by atoms with E-state index in [2.05, 4.69) is 0 Å². The van der Waals surface area contributed by atoms with Crippen LogP contribution in [-0.2, 0) is 11.2 Å². The lowest BCUT2D eigenvalue weighted by Crippen LogP contribution is -2.32. The highest BCUT2D eigenvalue weighted by atomic mass is 19.1. The van der Waals surface area contributed by atoms with Gasteiger partial charge in [-0.25, -0.2) is 4.39 Å². The first-order chi connectivity index (χ1) is 7.02. The van der Waals surface area contributed by atoms with Crippen molar-refractivity contribution < 1.29 is 19.0 Å². The summed E-state index contributed by atoms with van der Waals surface area (Å²) < 4.78 is 17.8. The number of hydrogen-bond donors (Lipinski definition) is 2. The van der Waals surface area contributed by atoms with Gasteiger partial charge in [-0.1, -0.05) is 0 Å². The Labute approximate surface area is 86.5 Å². The van der Waals surface area contributed by atoms with Gasteiger partial charge in [-0.05, 0) is 24.1 Å². The summed E-state index contributed by atoms with van der Waals surface area (Å²) in [5.74, 6) is -1.23. The van der Waals surface area contributed by atoms with Gasteiger partial charge in [0, 0.05) is 6.07 Å². The summed E-state index contributed by atoms with van der Waals surface area (Å²) in [6.45, 7) is 0. The average molecular weight is 213 g/mol. The molecule has 1 aromatic carbocycles. The molecule has 5 heteroatoms. The molecule has 0 amide bonds. The molecule has 0 aliphatic carbocycles. The first kappa shape index (κ1) is 11.5. The molecular weight excluding hydrogens is 201 g/mol. The number of methoxy groups -OCH3 is 1. The molecule has 82 valence electrons. The third-order valence-electron chi connectivity index (χ3n) is 1.94. The van der Waals surface area contributed by atoms with Crippen LogP contribution in [0.25, 0.3) is 0 Å². The predicted octanol–water partition coefficient (Wildman–Crippen LogP) is 0.789. The van der Waals surface area contributed by atoms with Crippen molar-refractivity contribution in [1.29, 1.82) is 0 Å². The Balaban J connectivity index is 2.85. The molecule has 0 aliphatic rings. The summed E-state index contributed by atoms with van der Waals surface area (Å²) in [6.07, 6.45) is 0.0729. The van der Waals surface area contributed by atoms with Crippen molar-refractivity contribution in [1.82, 2.24) is 0 Å². The van der Waals surface area contributed by atoms with Crippen molar-refractivity contribution in [3.05, 3.63) is 29.6 Å². The molecule has 0 saturated heterocycles. The lowest BCUT2D eigenvalue weighted by molar-refractivity contribution is -0.138. The van der Waals surface area contributed by atoms with Crippen LogP contribution in [-0.4, -0.2) is 24.2 Å². The van der Waals surface area contributed by atoms with Gasteiger partial charge in [0.25, 0.3) is 0 Å². The van der Waals surface area contributed by atoms with Crippen molar-refractivity contribution in [2.24, 2.45) is 5.73 Å². The minimum absolute atomic E-state index is 0.0729. The molecule has 1 atom stereocenters. The van der Waals surface area contributed by atoms with Crippen molar-refractivity contribution in [3.8, 4) is 5.75 Å². The molecule has 0 heterocycles. The highest BCUT2D eigenvalue weighted by Gasteiger charge is 2.13. The number of benzene rings is 1. The van der Waals surface area contributed by atoms with Gasteiger partial charge in [0.2, 0.25) is 0 Å². The van der Waals surface area contributed by atoms with Crippen molar-refractivity contribution in [2.75, 3.05) is 7.11 Å². The fraction of sp³-hybridized carbons (Fsp3) is 0.300. The fourth-order valence-corrected chi connectivity index (χ4v) is 1.20. The number of hydrogen-bond acceptors (Lipinski definition) is 3. The molecule has 0 aliphatic heterocycles. The maximum Gasteiger partial charge on any atom is 0.320 e. The van der Waals surface area contributed by atoms with E-state index in [1.807, 2.05) is 0 Å². The Kier molecular flexibility index (Phi) is 3.62. The lowest BCUT2D eigenvalue weighted by atomic mass is 10.1. The molecule has 0 fully saturated rings. The van der Waals surface area contributed by atoms with Gasteiger partial charge in [0.1, 0.15) is 17.6 Å². The maximum atomic E-state index is 13.0. The van der Waals surface area contributed by atoms with E-state index in [1.54, 1.807) is 6.07 Å². The summed E-state index contributed by atoms with van der Waals surface area (Å²) in [6, 6.07) is 2.99. The van der Waals surface area contributed by atoms with Crippen molar-refractivity contribution in [3.63, 3.8) is 0 Å². The van der Waals surface area contributed by atoms with Gasteiger partial charge in [-0.2, -0.15) is 0 Å². The Bertz CT molecular complexity index is 368. The molecule has 0 spiro atoms. The Morgan fingerprint density at radius 1 is 1.60 bits per heavy atom. The predicted molar refractivity (Wildman–Crippen MR) is 52.3 cm³/mol. The summed E-state index contributed by atoms with van der Waals surface area (Å²) in [5.41, 5.74) is 5.83. The first-order valence-electron chi connectivity index (χ1n) is 4.34. The normalized spacial score (nSPS) is 12.2. The van der Waals surface area contributed by atoms with E-state index in [4.69, 9.17) is 15.6 Å². The highest BCUT2D eigenvalue weighted by Crippen LogP contribution is 2.16. The van der Waals surface area contributed by atoms with Crippen LogP contribution in [0.1, 0.15) is 5.56 Å². The van der Waals surface area contributed by atoms with E-state index < -0.39 is 17.8 Å². The Morgan fingerprint density at radius 3 is 2.80 bits per heavy atom. The number of carboxylic acids is 1. The number of rotatable bonds is 4. The second kappa shape index (κ2) is 4.75. The van der Waals surface area contributed by atoms with E-state index in [1.165, 1.54) is 19.2 Å². The van der Waals surface area contributed by atoms with E-state index in [-0.39, 0.29) is 6.42 Å². The summed E-state index contributed by atoms with van der Waals surface area (Å²) >= 11 is 0. The zero-order valence-corrected chi connectivity index (χ0v) is 8.24. The number of halogens is 1. The quantitative estimate of drug-likeness (QED) is 0.775. The standard InChI is InChI=1S/C10H12FNO3/c1-15-8-3-6(2-7(11)5-8)4-9(12)10(13)14/h2-3,5,9H,4,12H2,1H3,(H,13,14). The van der Waals surface area contributed by atoms with Crippen LogP contribution in [0.3, 0.4) is 0 Å². The largest absolute Gasteiger partial charge is 0.497 e. The van der Waals surface area contributed by atoms with Gasteiger partial charge in [0.05, 0.1) is 7.11 Å². The molecule has 4 nitrogen and oxygen atoms in total. The maximum absolute atomic E-state index is 13.0. The molecule has 0 aromatic heterocycles. The second-order valence-electron chi connectivity index (χ2n) is 3.15. The van der Waals surface area contributed by atoms with Crippen LogP contribution in [0.2, 0.25) is 0 Å². The van der Waals surface area contributed by atoms with Gasteiger partial charge in [-0.15, -0.1) is 0 Å². The zero-order chi connectivity index (χ0) is 11.4. The van der Waals surface area contributed by atoms with Crippen LogP contribution in [0.5, 0.6) is 5.75 Å². The Morgan fingerprint density at radius 2 is 2.27 bits per heavy atom. The van der Waals surface area contributed by atoms with Crippen LogP contribution >= 0.6 is 0 Å². The summed E-state index contributed by atoms with van der Waals surface area (Å²) in [5, 5.41) is 8.59. The topological polar surface area (TPSA) is 72.5 Å². The number of carbonyl (C=O) groups is 1. The minimum Gasteiger partial charge on any atom is -0.497 e. The molecule has 0 radical (unpaired) electrons.